The Labute approximate surface area is 127 Å². The maximum absolute atomic E-state index is 13.4. The molecule has 1 aromatic rings. The Hall–Kier alpha value is -1.58. The van der Waals surface area contributed by atoms with Crippen molar-refractivity contribution in [1.29, 1.82) is 0 Å². The molecular formula is C17H26FNO2. The topological polar surface area (TPSA) is 29.5 Å². The molecule has 3 nitrogen and oxygen atoms in total. The van der Waals surface area contributed by atoms with Gasteiger partial charge in [0.2, 0.25) is 5.91 Å². The number of amides is 1. The Morgan fingerprint density at radius 2 is 2.00 bits per heavy atom. The number of nitrogens with zero attached hydrogens (tertiary/aromatic N) is 1. The smallest absolute Gasteiger partial charge is 0.222 e. The molecule has 21 heavy (non-hydrogen) atoms. The predicted molar refractivity (Wildman–Crippen MR) is 82.8 cm³/mol. The lowest BCUT2D eigenvalue weighted by molar-refractivity contribution is -0.131. The number of carbonyl (C=O) groups excluding carboxylic acids is 1. The van der Waals surface area contributed by atoms with Gasteiger partial charge in [0, 0.05) is 19.5 Å². The van der Waals surface area contributed by atoms with Gasteiger partial charge < -0.3 is 9.64 Å². The van der Waals surface area contributed by atoms with Crippen LogP contribution < -0.4 is 4.74 Å². The molecule has 0 atom stereocenters. The van der Waals surface area contributed by atoms with Gasteiger partial charge in [0.05, 0.1) is 7.11 Å². The second-order valence-electron chi connectivity index (χ2n) is 5.20. The second kappa shape index (κ2) is 9.37. The van der Waals surface area contributed by atoms with Crippen LogP contribution in [-0.4, -0.2) is 24.5 Å². The van der Waals surface area contributed by atoms with Crippen LogP contribution in [0.25, 0.3) is 0 Å². The number of unbranched alkanes of at least 4 members (excludes halogenated alkanes) is 3. The minimum atomic E-state index is -0.377. The normalized spacial score (nSPS) is 10.5. The van der Waals surface area contributed by atoms with Crippen LogP contribution in [0.1, 0.15) is 51.5 Å². The molecule has 0 radical (unpaired) electrons. The van der Waals surface area contributed by atoms with Crippen molar-refractivity contribution in [3.8, 4) is 5.75 Å². The average Bonchev–Trinajstić information content (AvgIpc) is 2.51. The number of ether oxygens (including phenoxy) is 1. The highest BCUT2D eigenvalue weighted by Gasteiger charge is 2.13. The summed E-state index contributed by atoms with van der Waals surface area (Å²) >= 11 is 0. The Morgan fingerprint density at radius 3 is 2.62 bits per heavy atom. The number of halogens is 1. The van der Waals surface area contributed by atoms with Gasteiger partial charge in [-0.05, 0) is 24.1 Å². The molecular weight excluding hydrogens is 269 g/mol. The van der Waals surface area contributed by atoms with E-state index in [1.165, 1.54) is 26.0 Å². The SMILES string of the molecule is CCCCCCN(Cc1ccc(F)c(OC)c1)C(=O)CC. The van der Waals surface area contributed by atoms with Gasteiger partial charge in [0.25, 0.3) is 0 Å². The zero-order chi connectivity index (χ0) is 15.7. The summed E-state index contributed by atoms with van der Waals surface area (Å²) in [6, 6.07) is 4.76. The molecule has 1 rings (SSSR count). The summed E-state index contributed by atoms with van der Waals surface area (Å²) in [4.78, 5) is 13.9. The fourth-order valence-corrected chi connectivity index (χ4v) is 2.27. The van der Waals surface area contributed by atoms with E-state index in [-0.39, 0.29) is 17.5 Å². The van der Waals surface area contributed by atoms with Crippen molar-refractivity contribution in [3.63, 3.8) is 0 Å². The first-order valence-corrected chi connectivity index (χ1v) is 7.72. The van der Waals surface area contributed by atoms with Gasteiger partial charge in [0.1, 0.15) is 0 Å². The Bertz CT molecular complexity index is 448. The molecule has 0 saturated carbocycles. The van der Waals surface area contributed by atoms with Crippen molar-refractivity contribution in [2.75, 3.05) is 13.7 Å². The summed E-state index contributed by atoms with van der Waals surface area (Å²) in [5.41, 5.74) is 0.894. The molecule has 0 aliphatic carbocycles. The van der Waals surface area contributed by atoms with E-state index in [0.29, 0.717) is 13.0 Å². The van der Waals surface area contributed by atoms with Crippen LogP contribution in [-0.2, 0) is 11.3 Å². The van der Waals surface area contributed by atoms with Crippen molar-refractivity contribution in [1.82, 2.24) is 4.90 Å². The first-order chi connectivity index (χ1) is 10.1. The molecule has 1 aromatic carbocycles. The van der Waals surface area contributed by atoms with Gasteiger partial charge in [-0.1, -0.05) is 39.2 Å². The van der Waals surface area contributed by atoms with Crippen LogP contribution in [0.2, 0.25) is 0 Å². The molecule has 0 fully saturated rings. The van der Waals surface area contributed by atoms with Crippen LogP contribution in [0, 0.1) is 5.82 Å². The quantitative estimate of drug-likeness (QED) is 0.640. The Morgan fingerprint density at radius 1 is 1.24 bits per heavy atom. The number of hydrogen-bond acceptors (Lipinski definition) is 2. The molecule has 4 heteroatoms. The molecule has 1 amide bonds. The van der Waals surface area contributed by atoms with Crippen molar-refractivity contribution in [2.45, 2.75) is 52.5 Å². The number of methoxy groups -OCH3 is 1. The van der Waals surface area contributed by atoms with Gasteiger partial charge in [-0.25, -0.2) is 4.39 Å². The number of benzene rings is 1. The van der Waals surface area contributed by atoms with E-state index < -0.39 is 0 Å². The molecule has 0 N–H and O–H groups in total. The molecule has 0 heterocycles. The Balaban J connectivity index is 2.69. The third-order valence-electron chi connectivity index (χ3n) is 3.53. The molecule has 0 spiro atoms. The lowest BCUT2D eigenvalue weighted by Gasteiger charge is -2.22. The van der Waals surface area contributed by atoms with E-state index in [1.54, 1.807) is 12.1 Å². The molecule has 118 valence electrons. The van der Waals surface area contributed by atoms with Crippen LogP contribution in [0.3, 0.4) is 0 Å². The van der Waals surface area contributed by atoms with E-state index in [2.05, 4.69) is 6.92 Å². The minimum Gasteiger partial charge on any atom is -0.494 e. The largest absolute Gasteiger partial charge is 0.494 e. The minimum absolute atomic E-state index is 0.134. The lowest BCUT2D eigenvalue weighted by Crippen LogP contribution is -2.30. The van der Waals surface area contributed by atoms with Gasteiger partial charge >= 0.3 is 0 Å². The highest BCUT2D eigenvalue weighted by Crippen LogP contribution is 2.19. The van der Waals surface area contributed by atoms with Crippen molar-refractivity contribution in [3.05, 3.63) is 29.6 Å². The first-order valence-electron chi connectivity index (χ1n) is 7.72. The number of carbonyl (C=O) groups is 1. The van der Waals surface area contributed by atoms with Crippen molar-refractivity contribution >= 4 is 5.91 Å². The van der Waals surface area contributed by atoms with Crippen LogP contribution in [0.15, 0.2) is 18.2 Å². The van der Waals surface area contributed by atoms with Gasteiger partial charge in [0.15, 0.2) is 11.6 Å². The van der Waals surface area contributed by atoms with Crippen molar-refractivity contribution in [2.24, 2.45) is 0 Å². The fourth-order valence-electron chi connectivity index (χ4n) is 2.27. The van der Waals surface area contributed by atoms with E-state index >= 15 is 0 Å². The molecule has 0 aliphatic heterocycles. The summed E-state index contributed by atoms with van der Waals surface area (Å²) in [6.07, 6.45) is 5.01. The Kier molecular flexibility index (Phi) is 7.80. The average molecular weight is 295 g/mol. The zero-order valence-corrected chi connectivity index (χ0v) is 13.3. The van der Waals surface area contributed by atoms with Gasteiger partial charge in [-0.15, -0.1) is 0 Å². The highest BCUT2D eigenvalue weighted by molar-refractivity contribution is 5.75. The molecule has 0 bridgehead atoms. The van der Waals surface area contributed by atoms with Crippen LogP contribution in [0.4, 0.5) is 4.39 Å². The van der Waals surface area contributed by atoms with Crippen molar-refractivity contribution < 1.29 is 13.9 Å². The summed E-state index contributed by atoms with van der Waals surface area (Å²) in [5, 5.41) is 0. The van der Waals surface area contributed by atoms with E-state index in [4.69, 9.17) is 4.74 Å². The monoisotopic (exact) mass is 295 g/mol. The molecule has 0 aliphatic rings. The fraction of sp³-hybridized carbons (Fsp3) is 0.588. The lowest BCUT2D eigenvalue weighted by atomic mass is 10.1. The van der Waals surface area contributed by atoms with Crippen LogP contribution in [0.5, 0.6) is 5.75 Å². The second-order valence-corrected chi connectivity index (χ2v) is 5.20. The molecule has 0 saturated heterocycles. The zero-order valence-electron chi connectivity index (χ0n) is 13.3. The first kappa shape index (κ1) is 17.5. The summed E-state index contributed by atoms with van der Waals surface area (Å²) < 4.78 is 18.4. The standard InChI is InChI=1S/C17H26FNO2/c1-4-6-7-8-11-19(17(20)5-2)13-14-9-10-15(18)16(12-14)21-3/h9-10,12H,4-8,11,13H2,1-3H3. The van der Waals surface area contributed by atoms with Gasteiger partial charge in [-0.2, -0.15) is 0 Å². The molecule has 0 aromatic heterocycles. The third kappa shape index (κ3) is 5.74. The van der Waals surface area contributed by atoms with Crippen LogP contribution >= 0.6 is 0 Å². The summed E-state index contributed by atoms with van der Waals surface area (Å²) in [6.45, 7) is 5.30. The van der Waals surface area contributed by atoms with E-state index in [9.17, 15) is 9.18 Å². The van der Waals surface area contributed by atoms with E-state index in [0.717, 1.165) is 24.9 Å². The third-order valence-corrected chi connectivity index (χ3v) is 3.53. The maximum Gasteiger partial charge on any atom is 0.222 e. The summed E-state index contributed by atoms with van der Waals surface area (Å²) in [5.74, 6) is -0.0188. The maximum atomic E-state index is 13.4. The predicted octanol–water partition coefficient (Wildman–Crippen LogP) is 4.15. The highest BCUT2D eigenvalue weighted by atomic mass is 19.1. The molecule has 0 unspecified atom stereocenters. The number of rotatable bonds is 9. The van der Waals surface area contributed by atoms with Gasteiger partial charge in [-0.3, -0.25) is 4.79 Å². The van der Waals surface area contributed by atoms with E-state index in [1.807, 2.05) is 11.8 Å². The summed E-state index contributed by atoms with van der Waals surface area (Å²) in [7, 11) is 1.45. The number of hydrogen-bond donors (Lipinski definition) is 0.